The van der Waals surface area contributed by atoms with Crippen LogP contribution in [0, 0.1) is 6.92 Å². The fourth-order valence-corrected chi connectivity index (χ4v) is 2.96. The average Bonchev–Trinajstić information content (AvgIpc) is 2.84. The van der Waals surface area contributed by atoms with Gasteiger partial charge in [-0.2, -0.15) is 0 Å². The second-order valence-corrected chi connectivity index (χ2v) is 5.81. The van der Waals surface area contributed by atoms with Crippen molar-refractivity contribution < 1.29 is 4.79 Å². The molecular weight excluding hydrogens is 264 g/mol. The summed E-state index contributed by atoms with van der Waals surface area (Å²) in [5, 5.41) is 2.84. The van der Waals surface area contributed by atoms with E-state index < -0.39 is 0 Å². The van der Waals surface area contributed by atoms with E-state index in [4.69, 9.17) is 11.6 Å². The Morgan fingerprint density at radius 3 is 2.94 bits per heavy atom. The van der Waals surface area contributed by atoms with Crippen LogP contribution in [-0.4, -0.2) is 10.9 Å². The van der Waals surface area contributed by atoms with E-state index >= 15 is 0 Å². The predicted octanol–water partition coefficient (Wildman–Crippen LogP) is 3.10. The first-order valence-electron chi connectivity index (χ1n) is 4.59. The molecule has 3 nitrogen and oxygen atoms in total. The Morgan fingerprint density at radius 1 is 1.56 bits per heavy atom. The van der Waals surface area contributed by atoms with E-state index in [0.29, 0.717) is 11.4 Å². The van der Waals surface area contributed by atoms with Gasteiger partial charge in [-0.1, -0.05) is 11.6 Å². The van der Waals surface area contributed by atoms with Crippen molar-refractivity contribution in [3.05, 3.63) is 37.4 Å². The van der Waals surface area contributed by atoms with Gasteiger partial charge in [0.25, 0.3) is 5.91 Å². The van der Waals surface area contributed by atoms with E-state index in [1.807, 2.05) is 19.1 Å². The number of thiazole rings is 1. The summed E-state index contributed by atoms with van der Waals surface area (Å²) in [5.41, 5.74) is 2.44. The number of thiophene rings is 1. The predicted molar refractivity (Wildman–Crippen MR) is 67.4 cm³/mol. The Hall–Kier alpha value is -0.910. The zero-order chi connectivity index (χ0) is 11.5. The molecule has 1 amide bonds. The third-order valence-corrected chi connectivity index (χ3v) is 4.16. The molecular formula is C10H9ClN2OS2. The first-order valence-corrected chi connectivity index (χ1v) is 6.66. The Kier molecular flexibility index (Phi) is 3.58. The fourth-order valence-electron chi connectivity index (χ4n) is 1.21. The number of amides is 1. The van der Waals surface area contributed by atoms with E-state index in [-0.39, 0.29) is 5.91 Å². The quantitative estimate of drug-likeness (QED) is 0.933. The monoisotopic (exact) mass is 272 g/mol. The summed E-state index contributed by atoms with van der Waals surface area (Å²) in [5.74, 6) is -0.0791. The molecule has 2 aromatic heterocycles. The fraction of sp³-hybridized carbons (Fsp3) is 0.200. The van der Waals surface area contributed by atoms with Gasteiger partial charge in [0.1, 0.15) is 4.88 Å². The van der Waals surface area contributed by atoms with Crippen LogP contribution >= 0.6 is 34.3 Å². The third kappa shape index (κ3) is 2.61. The van der Waals surface area contributed by atoms with Crippen LogP contribution in [-0.2, 0) is 6.54 Å². The summed E-state index contributed by atoms with van der Waals surface area (Å²) < 4.78 is 0.734. The first kappa shape index (κ1) is 11.6. The average molecular weight is 273 g/mol. The van der Waals surface area contributed by atoms with Crippen LogP contribution in [0.25, 0.3) is 0 Å². The van der Waals surface area contributed by atoms with Crippen LogP contribution < -0.4 is 5.32 Å². The van der Waals surface area contributed by atoms with Crippen LogP contribution in [0.5, 0.6) is 0 Å². The van der Waals surface area contributed by atoms with Gasteiger partial charge in [-0.05, 0) is 19.1 Å². The molecule has 0 aliphatic rings. The molecule has 0 saturated heterocycles. The van der Waals surface area contributed by atoms with E-state index in [2.05, 4.69) is 10.3 Å². The molecule has 2 heterocycles. The topological polar surface area (TPSA) is 42.0 Å². The number of hydrogen-bond donors (Lipinski definition) is 1. The Morgan fingerprint density at radius 2 is 2.38 bits per heavy atom. The van der Waals surface area contributed by atoms with Crippen LogP contribution in [0.2, 0.25) is 4.34 Å². The van der Waals surface area contributed by atoms with Crippen molar-refractivity contribution in [1.29, 1.82) is 0 Å². The van der Waals surface area contributed by atoms with Gasteiger partial charge in [0, 0.05) is 4.88 Å². The lowest BCUT2D eigenvalue weighted by Gasteiger charge is -2.01. The minimum absolute atomic E-state index is 0.0791. The van der Waals surface area contributed by atoms with Crippen molar-refractivity contribution in [1.82, 2.24) is 10.3 Å². The standard InChI is InChI=1S/C10H9ClN2OS2/c1-6-9(15-5-13-6)10(14)12-4-7-2-3-8(11)16-7/h2-3,5H,4H2,1H3,(H,12,14). The van der Waals surface area contributed by atoms with Gasteiger partial charge in [0.15, 0.2) is 0 Å². The highest BCUT2D eigenvalue weighted by molar-refractivity contribution is 7.16. The van der Waals surface area contributed by atoms with Gasteiger partial charge >= 0.3 is 0 Å². The van der Waals surface area contributed by atoms with Crippen molar-refractivity contribution >= 4 is 40.2 Å². The molecule has 0 fully saturated rings. The molecule has 0 spiro atoms. The number of aryl methyl sites for hydroxylation is 1. The SMILES string of the molecule is Cc1ncsc1C(=O)NCc1ccc(Cl)s1. The maximum Gasteiger partial charge on any atom is 0.263 e. The smallest absolute Gasteiger partial charge is 0.263 e. The summed E-state index contributed by atoms with van der Waals surface area (Å²) in [4.78, 5) is 17.5. The number of rotatable bonds is 3. The molecule has 2 aromatic rings. The second kappa shape index (κ2) is 4.95. The van der Waals surface area contributed by atoms with Gasteiger partial charge in [-0.3, -0.25) is 4.79 Å². The summed E-state index contributed by atoms with van der Waals surface area (Å²) in [6.45, 7) is 2.33. The lowest BCUT2D eigenvalue weighted by atomic mass is 10.3. The lowest BCUT2D eigenvalue weighted by molar-refractivity contribution is 0.0954. The number of carbonyl (C=O) groups is 1. The molecule has 6 heteroatoms. The first-order chi connectivity index (χ1) is 7.66. The normalized spacial score (nSPS) is 10.4. The number of nitrogens with zero attached hydrogens (tertiary/aromatic N) is 1. The van der Waals surface area contributed by atoms with Gasteiger partial charge in [-0.15, -0.1) is 22.7 Å². The molecule has 0 aliphatic carbocycles. The van der Waals surface area contributed by atoms with E-state index in [9.17, 15) is 4.79 Å². The second-order valence-electron chi connectivity index (χ2n) is 3.16. The summed E-state index contributed by atoms with van der Waals surface area (Å²) >= 11 is 8.62. The minimum Gasteiger partial charge on any atom is -0.346 e. The minimum atomic E-state index is -0.0791. The number of nitrogens with one attached hydrogen (secondary N) is 1. The third-order valence-electron chi connectivity index (χ3n) is 2.00. The summed E-state index contributed by atoms with van der Waals surface area (Å²) in [6, 6.07) is 3.73. The summed E-state index contributed by atoms with van der Waals surface area (Å²) in [6.07, 6.45) is 0. The van der Waals surface area contributed by atoms with Crippen molar-refractivity contribution in [2.45, 2.75) is 13.5 Å². The molecule has 0 aromatic carbocycles. The number of halogens is 1. The maximum atomic E-state index is 11.7. The van der Waals surface area contributed by atoms with E-state index in [1.54, 1.807) is 5.51 Å². The van der Waals surface area contributed by atoms with Crippen LogP contribution in [0.15, 0.2) is 17.6 Å². The largest absolute Gasteiger partial charge is 0.346 e. The summed E-state index contributed by atoms with van der Waals surface area (Å²) in [7, 11) is 0. The van der Waals surface area contributed by atoms with Gasteiger partial charge in [0.05, 0.1) is 22.1 Å². The van der Waals surface area contributed by atoms with E-state index in [0.717, 1.165) is 14.9 Å². The van der Waals surface area contributed by atoms with Gasteiger partial charge < -0.3 is 5.32 Å². The van der Waals surface area contributed by atoms with Crippen LogP contribution in [0.3, 0.4) is 0 Å². The molecule has 0 bridgehead atoms. The van der Waals surface area contributed by atoms with Crippen molar-refractivity contribution in [3.8, 4) is 0 Å². The molecule has 0 atom stereocenters. The molecule has 0 unspecified atom stereocenters. The molecule has 0 aliphatic heterocycles. The van der Waals surface area contributed by atoms with E-state index in [1.165, 1.54) is 22.7 Å². The van der Waals surface area contributed by atoms with Gasteiger partial charge in [-0.25, -0.2) is 4.98 Å². The number of aromatic nitrogens is 1. The number of hydrogen-bond acceptors (Lipinski definition) is 4. The molecule has 16 heavy (non-hydrogen) atoms. The zero-order valence-electron chi connectivity index (χ0n) is 8.49. The number of carbonyl (C=O) groups excluding carboxylic acids is 1. The highest BCUT2D eigenvalue weighted by Crippen LogP contribution is 2.21. The Labute approximate surface area is 106 Å². The zero-order valence-corrected chi connectivity index (χ0v) is 10.9. The highest BCUT2D eigenvalue weighted by Gasteiger charge is 2.11. The molecule has 0 radical (unpaired) electrons. The maximum absolute atomic E-state index is 11.7. The van der Waals surface area contributed by atoms with Gasteiger partial charge in [0.2, 0.25) is 0 Å². The molecule has 2 rings (SSSR count). The van der Waals surface area contributed by atoms with Crippen LogP contribution in [0.1, 0.15) is 20.2 Å². The van der Waals surface area contributed by atoms with Crippen molar-refractivity contribution in [2.24, 2.45) is 0 Å². The molecule has 0 saturated carbocycles. The van der Waals surface area contributed by atoms with Crippen molar-refractivity contribution in [2.75, 3.05) is 0 Å². The molecule has 1 N–H and O–H groups in total. The van der Waals surface area contributed by atoms with Crippen LogP contribution in [0.4, 0.5) is 0 Å². The van der Waals surface area contributed by atoms with Crippen molar-refractivity contribution in [3.63, 3.8) is 0 Å². The Bertz CT molecular complexity index is 506. The highest BCUT2D eigenvalue weighted by atomic mass is 35.5. The Balaban J connectivity index is 1.96. The lowest BCUT2D eigenvalue weighted by Crippen LogP contribution is -2.22. The molecule has 84 valence electrons.